The molecule has 2 heterocycles. The first-order valence-electron chi connectivity index (χ1n) is 11.9. The van der Waals surface area contributed by atoms with Crippen molar-refractivity contribution in [3.8, 4) is 11.5 Å². The van der Waals surface area contributed by atoms with E-state index in [1.54, 1.807) is 38.1 Å². The van der Waals surface area contributed by atoms with Gasteiger partial charge in [-0.3, -0.25) is 9.59 Å². The molecule has 1 amide bonds. The lowest BCUT2D eigenvalue weighted by Crippen LogP contribution is -2.46. The van der Waals surface area contributed by atoms with Crippen molar-refractivity contribution in [2.24, 2.45) is 5.92 Å². The average molecular weight is 531 g/mol. The molecule has 4 atom stereocenters. The molecule has 204 valence electrons. The molecule has 12 heteroatoms. The second-order valence-electron chi connectivity index (χ2n) is 8.80. The normalized spacial score (nSPS) is 21.7. The standard InChI is InChI=1S/C26H30N2O10/c1-14(2)36-26(33)38-22-15(3)37-25(32)18(28-23(30)20-21(29)19(34-4)10-11-27-20)13-35-24(31)17(22)12-16-8-6-5-7-9-16/h5-11,14-15,17-18,22,29H,12-13H2,1-4H3,(H,28,30)/t15-,17+,18-,22-/m0/s1. The molecule has 2 aromatic rings. The van der Waals surface area contributed by atoms with E-state index in [1.165, 1.54) is 26.3 Å². The van der Waals surface area contributed by atoms with Gasteiger partial charge in [-0.05, 0) is 32.8 Å². The first kappa shape index (κ1) is 28.2. The lowest BCUT2D eigenvalue weighted by Gasteiger charge is -2.29. The highest BCUT2D eigenvalue weighted by molar-refractivity contribution is 5.98. The second kappa shape index (κ2) is 12.7. The number of ether oxygens (including phenoxy) is 5. The molecule has 2 N–H and O–H groups in total. The van der Waals surface area contributed by atoms with Gasteiger partial charge < -0.3 is 34.1 Å². The number of methoxy groups -OCH3 is 1. The molecule has 1 saturated heterocycles. The predicted molar refractivity (Wildman–Crippen MR) is 130 cm³/mol. The number of hydrogen-bond donors (Lipinski definition) is 2. The van der Waals surface area contributed by atoms with Crippen LogP contribution in [-0.2, 0) is 35.0 Å². The van der Waals surface area contributed by atoms with Crippen molar-refractivity contribution >= 4 is 24.0 Å². The van der Waals surface area contributed by atoms with Crippen LogP contribution >= 0.6 is 0 Å². The van der Waals surface area contributed by atoms with Crippen LogP contribution in [0.5, 0.6) is 11.5 Å². The van der Waals surface area contributed by atoms with E-state index in [9.17, 15) is 24.3 Å². The topological polar surface area (TPSA) is 160 Å². The zero-order chi connectivity index (χ0) is 27.8. The molecule has 0 saturated carbocycles. The molecule has 1 aromatic carbocycles. The average Bonchev–Trinajstić information content (AvgIpc) is 2.91. The zero-order valence-corrected chi connectivity index (χ0v) is 21.4. The number of carbonyl (C=O) groups excluding carboxylic acids is 4. The van der Waals surface area contributed by atoms with E-state index in [2.05, 4.69) is 10.3 Å². The third kappa shape index (κ3) is 7.11. The monoisotopic (exact) mass is 530 g/mol. The van der Waals surface area contributed by atoms with Gasteiger partial charge in [0, 0.05) is 12.3 Å². The first-order valence-corrected chi connectivity index (χ1v) is 11.9. The number of cyclic esters (lactones) is 2. The number of aromatic nitrogens is 1. The van der Waals surface area contributed by atoms with Crippen molar-refractivity contribution in [3.05, 3.63) is 53.9 Å². The van der Waals surface area contributed by atoms with Crippen molar-refractivity contribution < 1.29 is 48.0 Å². The summed E-state index contributed by atoms with van der Waals surface area (Å²) in [6, 6.07) is 8.87. The minimum Gasteiger partial charge on any atom is -0.503 e. The molecular formula is C26H30N2O10. The maximum absolute atomic E-state index is 13.2. The van der Waals surface area contributed by atoms with Crippen LogP contribution in [0, 0.1) is 5.92 Å². The fourth-order valence-electron chi connectivity index (χ4n) is 3.81. The molecule has 0 spiro atoms. The highest BCUT2D eigenvalue weighted by atomic mass is 16.7. The van der Waals surface area contributed by atoms with E-state index >= 15 is 0 Å². The number of hydrogen-bond acceptors (Lipinski definition) is 11. The summed E-state index contributed by atoms with van der Waals surface area (Å²) in [7, 11) is 1.30. The number of pyridine rings is 1. The van der Waals surface area contributed by atoms with Gasteiger partial charge in [-0.15, -0.1) is 0 Å². The lowest BCUT2D eigenvalue weighted by atomic mass is 9.91. The summed E-state index contributed by atoms with van der Waals surface area (Å²) in [6.07, 6.45) is -2.55. The summed E-state index contributed by atoms with van der Waals surface area (Å²) in [5.41, 5.74) is 0.346. The van der Waals surface area contributed by atoms with E-state index in [1.807, 2.05) is 6.07 Å². The molecule has 38 heavy (non-hydrogen) atoms. The first-order chi connectivity index (χ1) is 18.1. The van der Waals surface area contributed by atoms with Crippen molar-refractivity contribution in [2.75, 3.05) is 13.7 Å². The van der Waals surface area contributed by atoms with Crippen molar-refractivity contribution in [3.63, 3.8) is 0 Å². The van der Waals surface area contributed by atoms with Crippen LogP contribution in [0.3, 0.4) is 0 Å². The highest BCUT2D eigenvalue weighted by Gasteiger charge is 2.42. The summed E-state index contributed by atoms with van der Waals surface area (Å²) < 4.78 is 26.4. The van der Waals surface area contributed by atoms with Gasteiger partial charge in [0.15, 0.2) is 29.3 Å². The third-order valence-electron chi connectivity index (χ3n) is 5.63. The number of nitrogens with one attached hydrogen (secondary N) is 1. The van der Waals surface area contributed by atoms with Gasteiger partial charge in [0.2, 0.25) is 0 Å². The molecule has 3 rings (SSSR count). The van der Waals surface area contributed by atoms with Gasteiger partial charge in [0.1, 0.15) is 18.6 Å². The maximum atomic E-state index is 13.2. The number of aromatic hydroxyl groups is 1. The Labute approximate surface area is 219 Å². The Morgan fingerprint density at radius 1 is 1.16 bits per heavy atom. The summed E-state index contributed by atoms with van der Waals surface area (Å²) in [5, 5.41) is 12.6. The van der Waals surface area contributed by atoms with Crippen LogP contribution < -0.4 is 10.1 Å². The van der Waals surface area contributed by atoms with Crippen molar-refractivity contribution in [2.45, 2.75) is 51.5 Å². The number of rotatable bonds is 7. The van der Waals surface area contributed by atoms with E-state index < -0.39 is 72.3 Å². The fourth-order valence-corrected chi connectivity index (χ4v) is 3.81. The second-order valence-corrected chi connectivity index (χ2v) is 8.80. The minimum atomic E-state index is -1.44. The quantitative estimate of drug-likeness (QED) is 0.399. The van der Waals surface area contributed by atoms with E-state index in [4.69, 9.17) is 23.7 Å². The van der Waals surface area contributed by atoms with Crippen molar-refractivity contribution in [1.82, 2.24) is 10.3 Å². The number of nitrogens with zero attached hydrogens (tertiary/aromatic N) is 1. The molecule has 12 nitrogen and oxygen atoms in total. The Kier molecular flexibility index (Phi) is 9.47. The number of esters is 2. The van der Waals surface area contributed by atoms with Gasteiger partial charge in [-0.2, -0.15) is 0 Å². The fraction of sp³-hybridized carbons (Fsp3) is 0.423. The van der Waals surface area contributed by atoms with Crippen LogP contribution in [-0.4, -0.2) is 72.2 Å². The number of benzene rings is 1. The molecule has 0 aliphatic carbocycles. The van der Waals surface area contributed by atoms with E-state index in [0.717, 1.165) is 5.56 Å². The summed E-state index contributed by atoms with van der Waals surface area (Å²) in [6.45, 7) is 4.14. The molecule has 0 radical (unpaired) electrons. The highest BCUT2D eigenvalue weighted by Crippen LogP contribution is 2.28. The molecule has 1 aromatic heterocycles. The maximum Gasteiger partial charge on any atom is 0.508 e. The van der Waals surface area contributed by atoms with Gasteiger partial charge in [0.05, 0.1) is 13.2 Å². The number of carbonyl (C=O) groups is 4. The zero-order valence-electron chi connectivity index (χ0n) is 21.4. The summed E-state index contributed by atoms with van der Waals surface area (Å²) in [5.74, 6) is -4.25. The smallest absolute Gasteiger partial charge is 0.503 e. The van der Waals surface area contributed by atoms with Gasteiger partial charge in [-0.25, -0.2) is 14.6 Å². The third-order valence-corrected chi connectivity index (χ3v) is 5.63. The molecule has 0 unspecified atom stereocenters. The molecule has 1 aliphatic rings. The van der Waals surface area contributed by atoms with Crippen LogP contribution in [0.4, 0.5) is 4.79 Å². The summed E-state index contributed by atoms with van der Waals surface area (Å²) in [4.78, 5) is 55.2. The minimum absolute atomic E-state index is 0.000675. The Bertz CT molecular complexity index is 1150. The molecule has 1 fully saturated rings. The predicted octanol–water partition coefficient (Wildman–Crippen LogP) is 2.17. The van der Waals surface area contributed by atoms with E-state index in [-0.39, 0.29) is 12.2 Å². The van der Waals surface area contributed by atoms with Gasteiger partial charge in [-0.1, -0.05) is 30.3 Å². The molecule has 1 aliphatic heterocycles. The number of amides is 1. The van der Waals surface area contributed by atoms with Crippen LogP contribution in [0.15, 0.2) is 42.6 Å². The lowest BCUT2D eigenvalue weighted by molar-refractivity contribution is -0.161. The van der Waals surface area contributed by atoms with Crippen LogP contribution in [0.2, 0.25) is 0 Å². The molecular weight excluding hydrogens is 500 g/mol. The largest absolute Gasteiger partial charge is 0.508 e. The Morgan fingerprint density at radius 2 is 1.87 bits per heavy atom. The van der Waals surface area contributed by atoms with Gasteiger partial charge in [0.25, 0.3) is 5.91 Å². The Morgan fingerprint density at radius 3 is 2.53 bits per heavy atom. The summed E-state index contributed by atoms with van der Waals surface area (Å²) >= 11 is 0. The van der Waals surface area contributed by atoms with Gasteiger partial charge >= 0.3 is 18.1 Å². The van der Waals surface area contributed by atoms with Crippen LogP contribution in [0.25, 0.3) is 0 Å². The molecule has 0 bridgehead atoms. The Balaban J connectivity index is 1.86. The Hall–Kier alpha value is -4.35. The van der Waals surface area contributed by atoms with Crippen LogP contribution in [0.1, 0.15) is 36.8 Å². The SMILES string of the molecule is COc1ccnc(C(=O)N[C@H]2COC(=O)[C@H](Cc3ccccc3)[C@@H](OC(=O)OC(C)C)[C@H](C)OC2=O)c1O. The van der Waals surface area contributed by atoms with Crippen molar-refractivity contribution in [1.29, 1.82) is 0 Å². The van der Waals surface area contributed by atoms with E-state index in [0.29, 0.717) is 0 Å².